The second kappa shape index (κ2) is 5.67. The maximum atomic E-state index is 13.3. The Hall–Kier alpha value is -0.460. The third-order valence-corrected chi connectivity index (χ3v) is 4.47. The monoisotopic (exact) mass is 337 g/mol. The van der Waals surface area contributed by atoms with Crippen LogP contribution in [0.1, 0.15) is 27.2 Å². The lowest BCUT2D eigenvalue weighted by Gasteiger charge is -2.18. The smallest absolute Gasteiger partial charge is 0.211 e. The van der Waals surface area contributed by atoms with Crippen LogP contribution >= 0.6 is 15.9 Å². The molecule has 102 valence electrons. The van der Waals surface area contributed by atoms with Crippen LogP contribution in [0.4, 0.5) is 4.39 Å². The Morgan fingerprint density at radius 1 is 1.33 bits per heavy atom. The molecule has 0 aromatic heterocycles. The van der Waals surface area contributed by atoms with E-state index in [0.717, 1.165) is 6.07 Å². The van der Waals surface area contributed by atoms with Gasteiger partial charge in [-0.3, -0.25) is 0 Å². The van der Waals surface area contributed by atoms with Gasteiger partial charge in [0.1, 0.15) is 5.82 Å². The molecule has 0 saturated heterocycles. The molecule has 6 heteroatoms. The maximum absolute atomic E-state index is 13.3. The molecule has 0 aliphatic rings. The van der Waals surface area contributed by atoms with E-state index in [4.69, 9.17) is 0 Å². The van der Waals surface area contributed by atoms with Gasteiger partial charge in [-0.2, -0.15) is 0 Å². The number of hydrogen-bond donors (Lipinski definition) is 1. The minimum atomic E-state index is -3.63. The Balaban J connectivity index is 2.77. The minimum absolute atomic E-state index is 0.0491. The standard InChI is InChI=1S/C12H17BrFNO2S/c1-12(2,3)6-7-15-18(16,17)9-4-5-10(13)11(14)8-9/h4-5,8,15H,6-7H2,1-3H3. The zero-order valence-electron chi connectivity index (χ0n) is 10.6. The molecule has 0 fully saturated rings. The van der Waals surface area contributed by atoms with E-state index in [9.17, 15) is 12.8 Å². The van der Waals surface area contributed by atoms with E-state index in [-0.39, 0.29) is 14.8 Å². The van der Waals surface area contributed by atoms with Crippen LogP contribution < -0.4 is 4.72 Å². The van der Waals surface area contributed by atoms with Crippen LogP contribution in [0.15, 0.2) is 27.6 Å². The van der Waals surface area contributed by atoms with Crippen LogP contribution in [0, 0.1) is 11.2 Å². The predicted molar refractivity (Wildman–Crippen MR) is 73.4 cm³/mol. The summed E-state index contributed by atoms with van der Waals surface area (Å²) in [5.74, 6) is -0.589. The molecular formula is C12H17BrFNO2S. The van der Waals surface area contributed by atoms with Crippen molar-refractivity contribution in [3.05, 3.63) is 28.5 Å². The van der Waals surface area contributed by atoms with E-state index in [2.05, 4.69) is 20.7 Å². The van der Waals surface area contributed by atoms with Crippen LogP contribution in [0.5, 0.6) is 0 Å². The maximum Gasteiger partial charge on any atom is 0.240 e. The van der Waals surface area contributed by atoms with Crippen LogP contribution in [0.2, 0.25) is 0 Å². The van der Waals surface area contributed by atoms with Crippen molar-refractivity contribution in [1.82, 2.24) is 4.72 Å². The van der Waals surface area contributed by atoms with Gasteiger partial charge in [-0.25, -0.2) is 17.5 Å². The zero-order chi connectivity index (χ0) is 14.0. The molecule has 0 atom stereocenters. The molecule has 1 N–H and O–H groups in total. The average Bonchev–Trinajstić information content (AvgIpc) is 2.19. The molecular weight excluding hydrogens is 321 g/mol. The fourth-order valence-electron chi connectivity index (χ4n) is 1.29. The molecule has 0 bridgehead atoms. The second-order valence-electron chi connectivity index (χ2n) is 5.28. The summed E-state index contributed by atoms with van der Waals surface area (Å²) in [7, 11) is -3.63. The van der Waals surface area contributed by atoms with Crippen LogP contribution in [-0.4, -0.2) is 15.0 Å². The molecule has 0 spiro atoms. The van der Waals surface area contributed by atoms with Gasteiger partial charge in [-0.05, 0) is 46.0 Å². The van der Waals surface area contributed by atoms with Gasteiger partial charge in [0.2, 0.25) is 10.0 Å². The van der Waals surface area contributed by atoms with Gasteiger partial charge in [0.05, 0.1) is 9.37 Å². The van der Waals surface area contributed by atoms with Crippen molar-refractivity contribution in [2.24, 2.45) is 5.41 Å². The van der Waals surface area contributed by atoms with Crippen LogP contribution in [0.25, 0.3) is 0 Å². The largest absolute Gasteiger partial charge is 0.240 e. The molecule has 0 aliphatic carbocycles. The first-order valence-electron chi connectivity index (χ1n) is 5.56. The molecule has 0 saturated carbocycles. The van der Waals surface area contributed by atoms with Crippen LogP contribution in [0.3, 0.4) is 0 Å². The summed E-state index contributed by atoms with van der Waals surface area (Å²) in [4.78, 5) is -0.0582. The molecule has 0 amide bonds. The normalized spacial score (nSPS) is 12.7. The highest BCUT2D eigenvalue weighted by molar-refractivity contribution is 9.10. The van der Waals surface area contributed by atoms with E-state index >= 15 is 0 Å². The fraction of sp³-hybridized carbons (Fsp3) is 0.500. The highest BCUT2D eigenvalue weighted by Gasteiger charge is 2.17. The first-order chi connectivity index (χ1) is 8.12. The van der Waals surface area contributed by atoms with E-state index in [0.29, 0.717) is 13.0 Å². The highest BCUT2D eigenvalue weighted by atomic mass is 79.9. The summed E-state index contributed by atoms with van der Waals surface area (Å²) >= 11 is 2.98. The molecule has 0 aliphatic heterocycles. The number of rotatable bonds is 4. The van der Waals surface area contributed by atoms with Crippen molar-refractivity contribution in [1.29, 1.82) is 0 Å². The number of hydrogen-bond acceptors (Lipinski definition) is 2. The first kappa shape index (κ1) is 15.6. The lowest BCUT2D eigenvalue weighted by atomic mass is 9.93. The predicted octanol–water partition coefficient (Wildman–Crippen LogP) is 3.30. The molecule has 1 aromatic carbocycles. The number of sulfonamides is 1. The highest BCUT2D eigenvalue weighted by Crippen LogP contribution is 2.20. The third kappa shape index (κ3) is 4.66. The molecule has 0 unspecified atom stereocenters. The molecule has 0 heterocycles. The second-order valence-corrected chi connectivity index (χ2v) is 7.91. The molecule has 1 rings (SSSR count). The zero-order valence-corrected chi connectivity index (χ0v) is 13.0. The summed E-state index contributed by atoms with van der Waals surface area (Å²) in [6.07, 6.45) is 0.714. The van der Waals surface area contributed by atoms with Gasteiger partial charge in [-0.15, -0.1) is 0 Å². The summed E-state index contributed by atoms with van der Waals surface area (Å²) < 4.78 is 39.8. The van der Waals surface area contributed by atoms with E-state index in [1.807, 2.05) is 20.8 Å². The van der Waals surface area contributed by atoms with E-state index in [1.165, 1.54) is 12.1 Å². The quantitative estimate of drug-likeness (QED) is 0.916. The van der Waals surface area contributed by atoms with Gasteiger partial charge >= 0.3 is 0 Å². The lowest BCUT2D eigenvalue weighted by Crippen LogP contribution is -2.27. The number of nitrogens with one attached hydrogen (secondary N) is 1. The Kier molecular flexibility index (Phi) is 4.91. The fourth-order valence-corrected chi connectivity index (χ4v) is 2.58. The van der Waals surface area contributed by atoms with Gasteiger partial charge in [0, 0.05) is 6.54 Å². The van der Waals surface area contributed by atoms with Gasteiger partial charge < -0.3 is 0 Å². The lowest BCUT2D eigenvalue weighted by molar-refractivity contribution is 0.378. The molecule has 3 nitrogen and oxygen atoms in total. The minimum Gasteiger partial charge on any atom is -0.211 e. The van der Waals surface area contributed by atoms with Crippen molar-refractivity contribution < 1.29 is 12.8 Å². The number of halogens is 2. The summed E-state index contributed by atoms with van der Waals surface area (Å²) in [6.45, 7) is 6.42. The summed E-state index contributed by atoms with van der Waals surface area (Å²) in [5, 5.41) is 0. The Morgan fingerprint density at radius 2 is 1.94 bits per heavy atom. The Labute approximate surface area is 116 Å². The van der Waals surface area contributed by atoms with Crippen molar-refractivity contribution in [2.75, 3.05) is 6.54 Å². The number of benzene rings is 1. The van der Waals surface area contributed by atoms with Gasteiger partial charge in [-0.1, -0.05) is 20.8 Å². The molecule has 0 radical (unpaired) electrons. The van der Waals surface area contributed by atoms with E-state index in [1.54, 1.807) is 0 Å². The summed E-state index contributed by atoms with van der Waals surface area (Å²) in [5.41, 5.74) is 0.0491. The van der Waals surface area contributed by atoms with E-state index < -0.39 is 15.8 Å². The van der Waals surface area contributed by atoms with Gasteiger partial charge in [0.25, 0.3) is 0 Å². The van der Waals surface area contributed by atoms with Crippen molar-refractivity contribution in [2.45, 2.75) is 32.1 Å². The topological polar surface area (TPSA) is 46.2 Å². The summed E-state index contributed by atoms with van der Waals surface area (Å²) in [6, 6.07) is 3.75. The average molecular weight is 338 g/mol. The molecule has 1 aromatic rings. The van der Waals surface area contributed by atoms with Crippen LogP contribution in [-0.2, 0) is 10.0 Å². The van der Waals surface area contributed by atoms with Crippen molar-refractivity contribution >= 4 is 26.0 Å². The Morgan fingerprint density at radius 3 is 2.44 bits per heavy atom. The third-order valence-electron chi connectivity index (χ3n) is 2.37. The van der Waals surface area contributed by atoms with Crippen molar-refractivity contribution in [3.8, 4) is 0 Å². The molecule has 18 heavy (non-hydrogen) atoms. The Bertz CT molecular complexity index is 523. The first-order valence-corrected chi connectivity index (χ1v) is 7.84. The van der Waals surface area contributed by atoms with Gasteiger partial charge in [0.15, 0.2) is 0 Å². The van der Waals surface area contributed by atoms with Crippen molar-refractivity contribution in [3.63, 3.8) is 0 Å². The SMILES string of the molecule is CC(C)(C)CCNS(=O)(=O)c1ccc(Br)c(F)c1.